The number of aromatic nitrogens is 1. The van der Waals surface area contributed by atoms with Gasteiger partial charge >= 0.3 is 0 Å². The average molecular weight is 595 g/mol. The van der Waals surface area contributed by atoms with Crippen molar-refractivity contribution in [3.05, 3.63) is 52.7 Å². The van der Waals surface area contributed by atoms with Gasteiger partial charge in [0.15, 0.2) is 0 Å². The van der Waals surface area contributed by atoms with Crippen LogP contribution in [-0.2, 0) is 10.4 Å². The fourth-order valence-electron chi connectivity index (χ4n) is 5.04. The molecular weight excluding hydrogens is 554 g/mol. The molecule has 2 amide bonds. The Morgan fingerprint density at radius 1 is 1.20 bits per heavy atom. The first kappa shape index (κ1) is 32.5. The first-order valence-electron chi connectivity index (χ1n) is 13.9. The van der Waals surface area contributed by atoms with Gasteiger partial charge in [-0.2, -0.15) is 0 Å². The number of carbonyl (C=O) groups is 2. The van der Waals surface area contributed by atoms with Crippen LogP contribution in [-0.4, -0.2) is 84.5 Å². The van der Waals surface area contributed by atoms with Crippen LogP contribution >= 0.6 is 11.6 Å². The number of amides is 2. The molecule has 1 fully saturated rings. The van der Waals surface area contributed by atoms with Gasteiger partial charge in [-0.1, -0.05) is 23.7 Å². The molecule has 41 heavy (non-hydrogen) atoms. The number of methoxy groups -OCH3 is 1. The maximum absolute atomic E-state index is 14.7. The van der Waals surface area contributed by atoms with E-state index in [0.29, 0.717) is 24.8 Å². The molecule has 11 heteroatoms. The number of benzene rings is 1. The van der Waals surface area contributed by atoms with E-state index in [-0.39, 0.29) is 35.0 Å². The van der Waals surface area contributed by atoms with E-state index in [4.69, 9.17) is 16.3 Å². The maximum Gasteiger partial charge on any atom is 0.286 e. The van der Waals surface area contributed by atoms with E-state index >= 15 is 0 Å². The normalized spacial score (nSPS) is 15.9. The molecule has 3 rings (SSSR count). The topological polar surface area (TPSA) is 86.2 Å². The fraction of sp³-hybridized carbons (Fsp3) is 0.567. The summed E-state index contributed by atoms with van der Waals surface area (Å²) in [6.07, 6.45) is 3.22. The average Bonchev–Trinajstić information content (AvgIpc) is 2.95. The predicted octanol–water partition coefficient (Wildman–Crippen LogP) is 5.22. The molecule has 0 radical (unpaired) electrons. The van der Waals surface area contributed by atoms with Crippen molar-refractivity contribution in [2.75, 3.05) is 45.7 Å². The Morgan fingerprint density at radius 2 is 1.85 bits per heavy atom. The summed E-state index contributed by atoms with van der Waals surface area (Å²) >= 11 is 6.37. The minimum atomic E-state index is -3.72. The van der Waals surface area contributed by atoms with Gasteiger partial charge in [-0.05, 0) is 69.7 Å². The van der Waals surface area contributed by atoms with E-state index in [1.54, 1.807) is 24.1 Å². The standard InChI is InChI=1S/C30H41ClF2N4O4/c1-20(2)36(5)27(38)24-12-13-25(34-26(24)31)37-17-14-21(15-18-37)9-8-16-35(4)28(39)30(40,29(3,32)33)22-10-7-11-23(19-22)41-6/h7,10-13,19-21,40H,8-9,14-18H2,1-6H3. The molecule has 2 aromatic rings. The highest BCUT2D eigenvalue weighted by atomic mass is 35.5. The number of piperidine rings is 1. The molecule has 0 bridgehead atoms. The van der Waals surface area contributed by atoms with Crippen LogP contribution in [0, 0.1) is 5.92 Å². The number of rotatable bonds is 11. The third kappa shape index (κ3) is 7.27. The van der Waals surface area contributed by atoms with Gasteiger partial charge in [0.2, 0.25) is 5.60 Å². The lowest BCUT2D eigenvalue weighted by atomic mass is 9.86. The number of anilines is 1. The van der Waals surface area contributed by atoms with E-state index in [0.717, 1.165) is 38.2 Å². The van der Waals surface area contributed by atoms with Crippen LogP contribution in [0.5, 0.6) is 5.75 Å². The Hall–Kier alpha value is -2.98. The van der Waals surface area contributed by atoms with Crippen molar-refractivity contribution in [3.63, 3.8) is 0 Å². The van der Waals surface area contributed by atoms with Crippen molar-refractivity contribution in [1.82, 2.24) is 14.8 Å². The quantitative estimate of drug-likeness (QED) is 0.359. The zero-order valence-electron chi connectivity index (χ0n) is 24.7. The number of halogens is 3. The Balaban J connectivity index is 1.55. The molecule has 1 saturated heterocycles. The minimum Gasteiger partial charge on any atom is -0.497 e. The van der Waals surface area contributed by atoms with Crippen LogP contribution in [0.25, 0.3) is 0 Å². The van der Waals surface area contributed by atoms with E-state index in [1.807, 2.05) is 19.9 Å². The largest absolute Gasteiger partial charge is 0.497 e. The third-order valence-electron chi connectivity index (χ3n) is 7.98. The molecule has 0 aliphatic carbocycles. The van der Waals surface area contributed by atoms with Crippen molar-refractivity contribution in [1.29, 1.82) is 0 Å². The summed E-state index contributed by atoms with van der Waals surface area (Å²) in [6.45, 7) is 6.17. The van der Waals surface area contributed by atoms with Crippen molar-refractivity contribution in [2.45, 2.75) is 64.0 Å². The molecule has 2 heterocycles. The highest BCUT2D eigenvalue weighted by molar-refractivity contribution is 6.32. The van der Waals surface area contributed by atoms with Gasteiger partial charge in [-0.15, -0.1) is 0 Å². The summed E-state index contributed by atoms with van der Waals surface area (Å²) in [5.41, 5.74) is -2.86. The number of carbonyl (C=O) groups excluding carboxylic acids is 2. The Bertz CT molecular complexity index is 1220. The monoisotopic (exact) mass is 594 g/mol. The summed E-state index contributed by atoms with van der Waals surface area (Å²) in [7, 11) is 4.55. The number of alkyl halides is 2. The first-order chi connectivity index (χ1) is 19.2. The van der Waals surface area contributed by atoms with Gasteiger partial charge in [-0.3, -0.25) is 9.59 Å². The lowest BCUT2D eigenvalue weighted by Gasteiger charge is -2.36. The van der Waals surface area contributed by atoms with Gasteiger partial charge in [0, 0.05) is 52.3 Å². The number of hydrogen-bond donors (Lipinski definition) is 1. The van der Waals surface area contributed by atoms with Crippen LogP contribution in [0.4, 0.5) is 14.6 Å². The minimum absolute atomic E-state index is 0.0434. The molecule has 1 aromatic carbocycles. The molecule has 226 valence electrons. The van der Waals surface area contributed by atoms with Gasteiger partial charge in [-0.25, -0.2) is 13.8 Å². The summed E-state index contributed by atoms with van der Waals surface area (Å²) in [5, 5.41) is 11.2. The molecular formula is C30H41ClF2N4O4. The lowest BCUT2D eigenvalue weighted by molar-refractivity contribution is -0.197. The van der Waals surface area contributed by atoms with Gasteiger partial charge in [0.25, 0.3) is 17.7 Å². The van der Waals surface area contributed by atoms with Crippen molar-refractivity contribution in [2.24, 2.45) is 5.92 Å². The van der Waals surface area contributed by atoms with Crippen molar-refractivity contribution in [3.8, 4) is 5.75 Å². The molecule has 0 saturated carbocycles. The number of pyridine rings is 1. The van der Waals surface area contributed by atoms with Crippen molar-refractivity contribution >= 4 is 29.2 Å². The van der Waals surface area contributed by atoms with Crippen LogP contribution in [0.1, 0.15) is 62.4 Å². The van der Waals surface area contributed by atoms with Crippen LogP contribution in [0.3, 0.4) is 0 Å². The second-order valence-electron chi connectivity index (χ2n) is 11.1. The Labute approximate surface area is 246 Å². The summed E-state index contributed by atoms with van der Waals surface area (Å²) in [5.74, 6) is -3.55. The van der Waals surface area contributed by atoms with E-state index in [2.05, 4.69) is 9.88 Å². The molecule has 1 N–H and O–H groups in total. The zero-order chi connectivity index (χ0) is 30.5. The first-order valence-corrected chi connectivity index (χ1v) is 14.3. The molecule has 0 spiro atoms. The predicted molar refractivity (Wildman–Crippen MR) is 156 cm³/mol. The number of hydrogen-bond acceptors (Lipinski definition) is 6. The number of nitrogens with zero attached hydrogens (tertiary/aromatic N) is 4. The molecule has 1 atom stereocenters. The second kappa shape index (κ2) is 13.3. The number of aliphatic hydroxyl groups is 1. The molecule has 1 unspecified atom stereocenters. The fourth-order valence-corrected chi connectivity index (χ4v) is 5.27. The van der Waals surface area contributed by atoms with Gasteiger partial charge in [0.05, 0.1) is 12.7 Å². The second-order valence-corrected chi connectivity index (χ2v) is 11.5. The lowest BCUT2D eigenvalue weighted by Crippen LogP contribution is -2.55. The van der Waals surface area contributed by atoms with Crippen LogP contribution in [0.2, 0.25) is 5.15 Å². The van der Waals surface area contributed by atoms with Gasteiger partial charge in [0.1, 0.15) is 16.7 Å². The van der Waals surface area contributed by atoms with E-state index < -0.39 is 17.4 Å². The summed E-state index contributed by atoms with van der Waals surface area (Å²) in [6, 6.07) is 9.17. The highest BCUT2D eigenvalue weighted by Crippen LogP contribution is 2.40. The third-order valence-corrected chi connectivity index (χ3v) is 8.27. The smallest absolute Gasteiger partial charge is 0.286 e. The van der Waals surface area contributed by atoms with E-state index in [9.17, 15) is 23.5 Å². The molecule has 1 aromatic heterocycles. The molecule has 1 aliphatic heterocycles. The van der Waals surface area contributed by atoms with Crippen LogP contribution < -0.4 is 9.64 Å². The molecule has 8 nitrogen and oxygen atoms in total. The zero-order valence-corrected chi connectivity index (χ0v) is 25.4. The SMILES string of the molecule is COc1cccc(C(O)(C(=O)N(C)CCCC2CCN(c3ccc(C(=O)N(C)C(C)C)c(Cl)n3)CC2)C(C)(F)F)c1. The highest BCUT2D eigenvalue weighted by Gasteiger charge is 2.57. The Kier molecular flexibility index (Phi) is 10.6. The van der Waals surface area contributed by atoms with Crippen LogP contribution in [0.15, 0.2) is 36.4 Å². The maximum atomic E-state index is 14.7. The van der Waals surface area contributed by atoms with Crippen molar-refractivity contribution < 1.29 is 28.2 Å². The Morgan fingerprint density at radius 3 is 2.41 bits per heavy atom. The number of ether oxygens (including phenoxy) is 1. The summed E-state index contributed by atoms with van der Waals surface area (Å²) < 4.78 is 34.4. The van der Waals surface area contributed by atoms with Gasteiger partial charge < -0.3 is 24.5 Å². The number of likely N-dealkylation sites (N-methyl/N-ethyl adjacent to an activating group) is 1. The molecule has 1 aliphatic rings. The van der Waals surface area contributed by atoms with E-state index in [1.165, 1.54) is 37.3 Å². The summed E-state index contributed by atoms with van der Waals surface area (Å²) in [4.78, 5) is 35.2.